The number of halogens is 3. The number of nitrogens with zero attached hydrogens (tertiary/aromatic N) is 4. The number of anilines is 1. The maximum absolute atomic E-state index is 12.2. The molecule has 0 bridgehead atoms. The van der Waals surface area contributed by atoms with Crippen molar-refractivity contribution in [3.05, 3.63) is 53.6 Å². The molecule has 0 unspecified atom stereocenters. The number of ether oxygens (including phenoxy) is 1. The number of carbonyl (C=O) groups is 1. The predicted octanol–water partition coefficient (Wildman–Crippen LogP) is 3.91. The molecule has 1 amide bonds. The highest BCUT2D eigenvalue weighted by Gasteiger charge is 2.30. The van der Waals surface area contributed by atoms with Gasteiger partial charge in [-0.15, -0.1) is 18.3 Å². The van der Waals surface area contributed by atoms with Gasteiger partial charge in [-0.2, -0.15) is 4.68 Å². The van der Waals surface area contributed by atoms with Crippen LogP contribution in [0.5, 0.6) is 5.75 Å². The molecule has 0 atom stereocenters. The smallest absolute Gasteiger partial charge is 0.406 e. The van der Waals surface area contributed by atoms with Crippen LogP contribution in [0.2, 0.25) is 0 Å². The molecule has 2 aromatic carbocycles. The first-order valence-corrected chi connectivity index (χ1v) is 9.34. The van der Waals surface area contributed by atoms with E-state index in [4.69, 9.17) is 0 Å². The third-order valence-corrected chi connectivity index (χ3v) is 4.52. The number of carbonyl (C=O) groups excluding carboxylic acids is 1. The molecule has 1 aromatic heterocycles. The average molecular weight is 423 g/mol. The normalized spacial score (nSPS) is 11.3. The van der Waals surface area contributed by atoms with Gasteiger partial charge in [0.15, 0.2) is 0 Å². The van der Waals surface area contributed by atoms with E-state index in [-0.39, 0.29) is 17.4 Å². The number of thioether (sulfide) groups is 1. The van der Waals surface area contributed by atoms with Gasteiger partial charge < -0.3 is 10.1 Å². The Kier molecular flexibility index (Phi) is 6.06. The number of tetrazole rings is 1. The van der Waals surface area contributed by atoms with Crippen molar-refractivity contribution in [1.82, 2.24) is 20.2 Å². The van der Waals surface area contributed by atoms with E-state index in [1.165, 1.54) is 12.1 Å². The lowest BCUT2D eigenvalue weighted by Gasteiger charge is -2.10. The monoisotopic (exact) mass is 423 g/mol. The van der Waals surface area contributed by atoms with E-state index in [9.17, 15) is 18.0 Å². The second-order valence-corrected chi connectivity index (χ2v) is 7.07. The van der Waals surface area contributed by atoms with Crippen molar-refractivity contribution in [2.24, 2.45) is 0 Å². The lowest BCUT2D eigenvalue weighted by atomic mass is 10.1. The number of aryl methyl sites for hydroxylation is 2. The molecule has 11 heteroatoms. The van der Waals surface area contributed by atoms with Gasteiger partial charge in [-0.05, 0) is 71.8 Å². The van der Waals surface area contributed by atoms with Crippen LogP contribution in [0.4, 0.5) is 18.9 Å². The van der Waals surface area contributed by atoms with Crippen LogP contribution in [0.1, 0.15) is 11.1 Å². The summed E-state index contributed by atoms with van der Waals surface area (Å²) in [6.07, 6.45) is -4.76. The molecule has 0 aliphatic heterocycles. The third-order valence-electron chi connectivity index (χ3n) is 3.60. The second-order valence-electron chi connectivity index (χ2n) is 6.13. The molecule has 3 aromatic rings. The van der Waals surface area contributed by atoms with Crippen LogP contribution < -0.4 is 10.1 Å². The van der Waals surface area contributed by atoms with Gasteiger partial charge in [0, 0.05) is 5.69 Å². The Morgan fingerprint density at radius 2 is 1.79 bits per heavy atom. The molecule has 7 nitrogen and oxygen atoms in total. The Bertz CT molecular complexity index is 985. The molecule has 1 heterocycles. The number of benzene rings is 2. The van der Waals surface area contributed by atoms with E-state index in [1.807, 2.05) is 32.0 Å². The largest absolute Gasteiger partial charge is 0.573 e. The van der Waals surface area contributed by atoms with Crippen LogP contribution in [-0.4, -0.2) is 38.2 Å². The van der Waals surface area contributed by atoms with Crippen LogP contribution >= 0.6 is 11.8 Å². The van der Waals surface area contributed by atoms with Crippen molar-refractivity contribution in [1.29, 1.82) is 0 Å². The minimum Gasteiger partial charge on any atom is -0.406 e. The van der Waals surface area contributed by atoms with Crippen LogP contribution in [0.15, 0.2) is 47.6 Å². The van der Waals surface area contributed by atoms with Crippen molar-refractivity contribution < 1.29 is 22.7 Å². The highest BCUT2D eigenvalue weighted by atomic mass is 32.2. The molecule has 0 aliphatic carbocycles. The first-order valence-electron chi connectivity index (χ1n) is 8.35. The first kappa shape index (κ1) is 20.6. The van der Waals surface area contributed by atoms with E-state index in [0.717, 1.165) is 40.7 Å². The Balaban J connectivity index is 1.60. The quantitative estimate of drug-likeness (QED) is 0.606. The van der Waals surface area contributed by atoms with Gasteiger partial charge in [0.1, 0.15) is 5.75 Å². The molecular weight excluding hydrogens is 407 g/mol. The number of nitrogens with one attached hydrogen (secondary N) is 1. The molecule has 1 N–H and O–H groups in total. The summed E-state index contributed by atoms with van der Waals surface area (Å²) in [6.45, 7) is 3.93. The lowest BCUT2D eigenvalue weighted by Crippen LogP contribution is -2.17. The van der Waals surface area contributed by atoms with Gasteiger partial charge in [-0.3, -0.25) is 4.79 Å². The van der Waals surface area contributed by atoms with Gasteiger partial charge in [-0.1, -0.05) is 17.8 Å². The van der Waals surface area contributed by atoms with E-state index >= 15 is 0 Å². The number of hydrogen-bond acceptors (Lipinski definition) is 6. The number of rotatable bonds is 6. The summed E-state index contributed by atoms with van der Waals surface area (Å²) >= 11 is 1.14. The maximum Gasteiger partial charge on any atom is 0.573 e. The van der Waals surface area contributed by atoms with Crippen molar-refractivity contribution in [3.8, 4) is 11.4 Å². The fourth-order valence-corrected chi connectivity index (χ4v) is 3.26. The summed E-state index contributed by atoms with van der Waals surface area (Å²) in [5.41, 5.74) is 3.25. The van der Waals surface area contributed by atoms with Gasteiger partial charge in [0.05, 0.1) is 11.4 Å². The molecule has 0 fully saturated rings. The van der Waals surface area contributed by atoms with Gasteiger partial charge in [-0.25, -0.2) is 0 Å². The predicted molar refractivity (Wildman–Crippen MR) is 101 cm³/mol. The number of alkyl halides is 3. The number of aromatic nitrogens is 4. The highest BCUT2D eigenvalue weighted by molar-refractivity contribution is 7.99. The zero-order valence-corrected chi connectivity index (χ0v) is 16.2. The highest BCUT2D eigenvalue weighted by Crippen LogP contribution is 2.24. The van der Waals surface area contributed by atoms with Gasteiger partial charge in [0.25, 0.3) is 0 Å². The van der Waals surface area contributed by atoms with E-state index in [2.05, 4.69) is 25.6 Å². The maximum atomic E-state index is 12.2. The van der Waals surface area contributed by atoms with Gasteiger partial charge in [0.2, 0.25) is 11.1 Å². The molecule has 0 saturated carbocycles. The zero-order valence-electron chi connectivity index (χ0n) is 15.4. The summed E-state index contributed by atoms with van der Waals surface area (Å²) in [5, 5.41) is 14.6. The van der Waals surface area contributed by atoms with Crippen LogP contribution in [0.25, 0.3) is 5.69 Å². The molecule has 29 heavy (non-hydrogen) atoms. The Labute approximate surface area is 168 Å². The molecule has 152 valence electrons. The number of amides is 1. The molecule has 0 radical (unpaired) electrons. The van der Waals surface area contributed by atoms with E-state index < -0.39 is 6.36 Å². The standard InChI is InChI=1S/C18H16F3N5O2S/c1-11-7-12(2)9-14(8-11)26-17(23-24-25-26)29-10-16(27)22-13-3-5-15(6-4-13)28-18(19,20)21/h3-9H,10H2,1-2H3,(H,22,27). The summed E-state index contributed by atoms with van der Waals surface area (Å²) in [5.74, 6) is -0.696. The molecule has 0 spiro atoms. The minimum atomic E-state index is -4.76. The van der Waals surface area contributed by atoms with Crippen molar-refractivity contribution in [2.75, 3.05) is 11.1 Å². The van der Waals surface area contributed by atoms with Crippen LogP contribution in [0, 0.1) is 13.8 Å². The Morgan fingerprint density at radius 1 is 1.14 bits per heavy atom. The fraction of sp³-hybridized carbons (Fsp3) is 0.222. The summed E-state index contributed by atoms with van der Waals surface area (Å²) in [6, 6.07) is 10.8. The molecule has 0 saturated heterocycles. The third kappa shape index (κ3) is 5.95. The first-order chi connectivity index (χ1) is 13.7. The van der Waals surface area contributed by atoms with E-state index in [1.54, 1.807) is 4.68 Å². The van der Waals surface area contributed by atoms with E-state index in [0.29, 0.717) is 10.8 Å². The average Bonchev–Trinajstić information content (AvgIpc) is 3.08. The van der Waals surface area contributed by atoms with Gasteiger partial charge >= 0.3 is 6.36 Å². The SMILES string of the molecule is Cc1cc(C)cc(-n2nnnc2SCC(=O)Nc2ccc(OC(F)(F)F)cc2)c1. The molecular formula is C18H16F3N5O2S. The van der Waals surface area contributed by atoms with Crippen molar-refractivity contribution in [3.63, 3.8) is 0 Å². The Hall–Kier alpha value is -3.08. The van der Waals surface area contributed by atoms with Crippen molar-refractivity contribution in [2.45, 2.75) is 25.4 Å². The van der Waals surface area contributed by atoms with Crippen molar-refractivity contribution >= 4 is 23.4 Å². The fourth-order valence-electron chi connectivity index (χ4n) is 2.57. The Morgan fingerprint density at radius 3 is 2.41 bits per heavy atom. The summed E-state index contributed by atoms with van der Waals surface area (Å²) < 4.78 is 41.9. The topological polar surface area (TPSA) is 81.9 Å². The molecule has 0 aliphatic rings. The minimum absolute atomic E-state index is 0.0198. The zero-order chi connectivity index (χ0) is 21.0. The lowest BCUT2D eigenvalue weighted by molar-refractivity contribution is -0.274. The number of hydrogen-bond donors (Lipinski definition) is 1. The summed E-state index contributed by atoms with van der Waals surface area (Å²) in [4.78, 5) is 12.2. The van der Waals surface area contributed by atoms with Crippen LogP contribution in [0.3, 0.4) is 0 Å². The second kappa shape index (κ2) is 8.52. The van der Waals surface area contributed by atoms with Crippen LogP contribution in [-0.2, 0) is 4.79 Å². The molecule has 3 rings (SSSR count). The summed E-state index contributed by atoms with van der Waals surface area (Å²) in [7, 11) is 0.